The summed E-state index contributed by atoms with van der Waals surface area (Å²) in [5, 5.41) is 10.7. The molecule has 0 aliphatic carbocycles. The predicted octanol–water partition coefficient (Wildman–Crippen LogP) is 2.44. The van der Waals surface area contributed by atoms with Crippen molar-refractivity contribution in [2.24, 2.45) is 0 Å². The van der Waals surface area contributed by atoms with Gasteiger partial charge in [-0.05, 0) is 6.92 Å². The van der Waals surface area contributed by atoms with Crippen molar-refractivity contribution in [3.8, 4) is 5.75 Å². The first-order chi connectivity index (χ1) is 9.17. The number of ether oxygens (including phenoxy) is 1. The van der Waals surface area contributed by atoms with Crippen molar-refractivity contribution < 1.29 is 4.74 Å². The van der Waals surface area contributed by atoms with E-state index >= 15 is 0 Å². The van der Waals surface area contributed by atoms with Crippen LogP contribution in [0.1, 0.15) is 31.5 Å². The van der Waals surface area contributed by atoms with E-state index in [9.17, 15) is 0 Å². The van der Waals surface area contributed by atoms with Gasteiger partial charge in [-0.15, -0.1) is 11.3 Å². The second-order valence-electron chi connectivity index (χ2n) is 4.59. The molecule has 0 amide bonds. The number of rotatable bonds is 7. The van der Waals surface area contributed by atoms with Crippen LogP contribution in [0.3, 0.4) is 0 Å². The van der Waals surface area contributed by atoms with Gasteiger partial charge in [0, 0.05) is 24.5 Å². The highest BCUT2D eigenvalue weighted by atomic mass is 32.1. The third kappa shape index (κ3) is 4.33. The summed E-state index contributed by atoms with van der Waals surface area (Å²) in [4.78, 5) is 4.53. The Balaban J connectivity index is 1.82. The molecule has 0 spiro atoms. The molecular weight excluding hydrogens is 260 g/mol. The van der Waals surface area contributed by atoms with Crippen LogP contribution in [0.4, 0.5) is 0 Å². The van der Waals surface area contributed by atoms with E-state index < -0.39 is 0 Å². The van der Waals surface area contributed by atoms with Crippen molar-refractivity contribution in [3.63, 3.8) is 0 Å². The van der Waals surface area contributed by atoms with E-state index in [0.717, 1.165) is 29.5 Å². The third-order valence-electron chi connectivity index (χ3n) is 2.58. The quantitative estimate of drug-likeness (QED) is 0.846. The molecule has 0 unspecified atom stereocenters. The summed E-state index contributed by atoms with van der Waals surface area (Å²) in [7, 11) is 0. The summed E-state index contributed by atoms with van der Waals surface area (Å²) in [5.41, 5.74) is 0.967. The normalized spacial score (nSPS) is 11.2. The molecule has 0 aliphatic rings. The van der Waals surface area contributed by atoms with Gasteiger partial charge in [0.15, 0.2) is 5.75 Å². The fourth-order valence-electron chi connectivity index (χ4n) is 1.54. The monoisotopic (exact) mass is 280 g/mol. The summed E-state index contributed by atoms with van der Waals surface area (Å²) < 4.78 is 7.50. The highest BCUT2D eigenvalue weighted by Gasteiger charge is 2.04. The molecule has 2 heterocycles. The molecule has 19 heavy (non-hydrogen) atoms. The number of nitrogens with zero attached hydrogens (tertiary/aromatic N) is 3. The summed E-state index contributed by atoms with van der Waals surface area (Å²) in [6.45, 7) is 8.46. The number of hydrogen-bond acceptors (Lipinski definition) is 5. The SMILES string of the molecule is CCn1cc(OCc2csc(CNC(C)C)n2)cn1. The van der Waals surface area contributed by atoms with Crippen LogP contribution in [0.15, 0.2) is 17.8 Å². The van der Waals surface area contributed by atoms with Crippen LogP contribution in [-0.2, 0) is 19.7 Å². The average Bonchev–Trinajstić information content (AvgIpc) is 3.03. The van der Waals surface area contributed by atoms with Gasteiger partial charge < -0.3 is 10.1 Å². The largest absolute Gasteiger partial charge is 0.484 e. The molecule has 0 saturated carbocycles. The van der Waals surface area contributed by atoms with Gasteiger partial charge >= 0.3 is 0 Å². The van der Waals surface area contributed by atoms with Crippen LogP contribution in [0.25, 0.3) is 0 Å². The molecule has 6 heteroatoms. The van der Waals surface area contributed by atoms with Crippen molar-refractivity contribution >= 4 is 11.3 Å². The van der Waals surface area contributed by atoms with E-state index in [2.05, 4.69) is 29.2 Å². The Morgan fingerprint density at radius 3 is 3.00 bits per heavy atom. The minimum absolute atomic E-state index is 0.475. The number of hydrogen-bond donors (Lipinski definition) is 1. The zero-order valence-corrected chi connectivity index (χ0v) is 12.4. The second-order valence-corrected chi connectivity index (χ2v) is 5.53. The second kappa shape index (κ2) is 6.68. The maximum atomic E-state index is 5.65. The zero-order valence-electron chi connectivity index (χ0n) is 11.6. The Hall–Kier alpha value is -1.40. The van der Waals surface area contributed by atoms with Gasteiger partial charge in [-0.1, -0.05) is 13.8 Å². The number of nitrogens with one attached hydrogen (secondary N) is 1. The van der Waals surface area contributed by atoms with Gasteiger partial charge in [-0.3, -0.25) is 4.68 Å². The first-order valence-corrected chi connectivity index (χ1v) is 7.37. The first-order valence-electron chi connectivity index (χ1n) is 6.49. The summed E-state index contributed by atoms with van der Waals surface area (Å²) in [6.07, 6.45) is 3.63. The maximum absolute atomic E-state index is 5.65. The highest BCUT2D eigenvalue weighted by Crippen LogP contribution is 2.14. The fourth-order valence-corrected chi connectivity index (χ4v) is 2.27. The Morgan fingerprint density at radius 2 is 2.32 bits per heavy atom. The Morgan fingerprint density at radius 1 is 1.47 bits per heavy atom. The van der Waals surface area contributed by atoms with E-state index in [0.29, 0.717) is 12.6 Å². The van der Waals surface area contributed by atoms with Crippen LogP contribution in [0, 0.1) is 0 Å². The van der Waals surface area contributed by atoms with Crippen molar-refractivity contribution in [3.05, 3.63) is 28.5 Å². The van der Waals surface area contributed by atoms with Gasteiger partial charge in [-0.2, -0.15) is 5.10 Å². The number of aromatic nitrogens is 3. The van der Waals surface area contributed by atoms with Gasteiger partial charge in [0.1, 0.15) is 11.6 Å². The fraction of sp³-hybridized carbons (Fsp3) is 0.538. The molecule has 5 nitrogen and oxygen atoms in total. The minimum Gasteiger partial charge on any atom is -0.484 e. The summed E-state index contributed by atoms with van der Waals surface area (Å²) in [5.74, 6) is 0.789. The highest BCUT2D eigenvalue weighted by molar-refractivity contribution is 7.09. The predicted molar refractivity (Wildman–Crippen MR) is 76.3 cm³/mol. The van der Waals surface area contributed by atoms with E-state index in [-0.39, 0.29) is 0 Å². The Labute approximate surface area is 117 Å². The molecule has 0 bridgehead atoms. The molecule has 2 aromatic heterocycles. The van der Waals surface area contributed by atoms with Gasteiger partial charge in [0.2, 0.25) is 0 Å². The minimum atomic E-state index is 0.475. The van der Waals surface area contributed by atoms with E-state index in [1.165, 1.54) is 0 Å². The molecule has 2 aromatic rings. The van der Waals surface area contributed by atoms with E-state index in [4.69, 9.17) is 4.74 Å². The lowest BCUT2D eigenvalue weighted by atomic mass is 10.4. The smallest absolute Gasteiger partial charge is 0.157 e. The van der Waals surface area contributed by atoms with Crippen LogP contribution >= 0.6 is 11.3 Å². The molecule has 1 N–H and O–H groups in total. The number of aryl methyl sites for hydroxylation is 1. The standard InChI is InChI=1S/C13H20N4OS/c1-4-17-7-12(5-15-17)18-8-11-9-19-13(16-11)6-14-10(2)3/h5,7,9-10,14H,4,6,8H2,1-3H3. The molecule has 2 rings (SSSR count). The van der Waals surface area contributed by atoms with Crippen molar-refractivity contribution in [2.75, 3.05) is 0 Å². The molecule has 0 aliphatic heterocycles. The topological polar surface area (TPSA) is 52.0 Å². The lowest BCUT2D eigenvalue weighted by molar-refractivity contribution is 0.301. The van der Waals surface area contributed by atoms with E-state index in [1.807, 2.05) is 23.2 Å². The van der Waals surface area contributed by atoms with Gasteiger partial charge in [0.25, 0.3) is 0 Å². The molecule has 0 radical (unpaired) electrons. The summed E-state index contributed by atoms with van der Waals surface area (Å²) >= 11 is 1.66. The van der Waals surface area contributed by atoms with E-state index in [1.54, 1.807) is 17.5 Å². The van der Waals surface area contributed by atoms with Gasteiger partial charge in [-0.25, -0.2) is 4.98 Å². The Kier molecular flexibility index (Phi) is 4.93. The molecular formula is C13H20N4OS. The van der Waals surface area contributed by atoms with Crippen LogP contribution in [0.2, 0.25) is 0 Å². The molecule has 0 aromatic carbocycles. The third-order valence-corrected chi connectivity index (χ3v) is 3.48. The molecule has 104 valence electrons. The van der Waals surface area contributed by atoms with Crippen molar-refractivity contribution in [2.45, 2.75) is 46.5 Å². The van der Waals surface area contributed by atoms with Gasteiger partial charge in [0.05, 0.1) is 18.1 Å². The van der Waals surface area contributed by atoms with Crippen LogP contribution in [-0.4, -0.2) is 20.8 Å². The lowest BCUT2D eigenvalue weighted by Gasteiger charge is -2.04. The molecule has 0 fully saturated rings. The molecule has 0 saturated heterocycles. The molecule has 0 atom stereocenters. The van der Waals surface area contributed by atoms with Crippen LogP contribution in [0.5, 0.6) is 5.75 Å². The van der Waals surface area contributed by atoms with Crippen molar-refractivity contribution in [1.82, 2.24) is 20.1 Å². The Bertz CT molecular complexity index is 506. The average molecular weight is 280 g/mol. The van der Waals surface area contributed by atoms with Crippen molar-refractivity contribution in [1.29, 1.82) is 0 Å². The summed E-state index contributed by atoms with van der Waals surface area (Å²) in [6, 6.07) is 0.475. The maximum Gasteiger partial charge on any atom is 0.157 e. The first kappa shape index (κ1) is 14.0. The lowest BCUT2D eigenvalue weighted by Crippen LogP contribution is -2.21. The van der Waals surface area contributed by atoms with Crippen LogP contribution < -0.4 is 10.1 Å². The zero-order chi connectivity index (χ0) is 13.7. The number of thiazole rings is 1.